The van der Waals surface area contributed by atoms with Crippen molar-refractivity contribution in [3.63, 3.8) is 0 Å². The van der Waals surface area contributed by atoms with Crippen LogP contribution in [0.2, 0.25) is 10.0 Å². The Labute approximate surface area is 137 Å². The van der Waals surface area contributed by atoms with Gasteiger partial charge in [0.15, 0.2) is 0 Å². The lowest BCUT2D eigenvalue weighted by atomic mass is 9.96. The second-order valence-electron chi connectivity index (χ2n) is 4.30. The summed E-state index contributed by atoms with van der Waals surface area (Å²) in [6, 6.07) is 7.78. The fourth-order valence-corrected chi connectivity index (χ4v) is 2.78. The van der Waals surface area contributed by atoms with Gasteiger partial charge in [-0.2, -0.15) is 13.2 Å². The molecule has 0 saturated carbocycles. The van der Waals surface area contributed by atoms with Crippen LogP contribution >= 0.6 is 39.1 Å². The largest absolute Gasteiger partial charge is 0.416 e. The Morgan fingerprint density at radius 2 is 1.62 bits per heavy atom. The van der Waals surface area contributed by atoms with Crippen molar-refractivity contribution < 1.29 is 18.3 Å². The van der Waals surface area contributed by atoms with Crippen molar-refractivity contribution in [2.75, 3.05) is 0 Å². The van der Waals surface area contributed by atoms with E-state index < -0.39 is 17.8 Å². The predicted molar refractivity (Wildman–Crippen MR) is 79.7 cm³/mol. The number of aliphatic hydroxyl groups excluding tert-OH is 1. The minimum atomic E-state index is -4.58. The van der Waals surface area contributed by atoms with Crippen molar-refractivity contribution in [2.24, 2.45) is 0 Å². The van der Waals surface area contributed by atoms with Gasteiger partial charge in [0.25, 0.3) is 0 Å². The van der Waals surface area contributed by atoms with Crippen LogP contribution in [0.1, 0.15) is 22.8 Å². The molecule has 0 radical (unpaired) electrons. The highest BCUT2D eigenvalue weighted by Gasteiger charge is 2.35. The molecule has 0 aromatic heterocycles. The first kappa shape index (κ1) is 16.6. The maximum absolute atomic E-state index is 13.1. The Morgan fingerprint density at radius 3 is 2.19 bits per heavy atom. The molecule has 7 heteroatoms. The van der Waals surface area contributed by atoms with Crippen LogP contribution in [0, 0.1) is 0 Å². The lowest BCUT2D eigenvalue weighted by Crippen LogP contribution is -2.13. The molecule has 0 spiro atoms. The van der Waals surface area contributed by atoms with E-state index in [0.717, 1.165) is 6.07 Å². The molecule has 1 atom stereocenters. The zero-order chi connectivity index (χ0) is 15.8. The molecule has 1 nitrogen and oxygen atoms in total. The third kappa shape index (κ3) is 3.72. The molecule has 1 N–H and O–H groups in total. The summed E-state index contributed by atoms with van der Waals surface area (Å²) in [5.41, 5.74) is -1.03. The summed E-state index contributed by atoms with van der Waals surface area (Å²) in [6.07, 6.45) is -6.08. The van der Waals surface area contributed by atoms with E-state index in [9.17, 15) is 18.3 Å². The van der Waals surface area contributed by atoms with Gasteiger partial charge in [-0.3, -0.25) is 0 Å². The maximum atomic E-state index is 13.1. The number of hydrogen-bond donors (Lipinski definition) is 1. The number of alkyl halides is 3. The molecule has 0 aliphatic heterocycles. The van der Waals surface area contributed by atoms with Gasteiger partial charge in [-0.05, 0) is 29.8 Å². The molecule has 0 fully saturated rings. The lowest BCUT2D eigenvalue weighted by molar-refractivity contribution is -0.139. The van der Waals surface area contributed by atoms with Crippen LogP contribution in [0.15, 0.2) is 40.9 Å². The van der Waals surface area contributed by atoms with Gasteiger partial charge in [0.2, 0.25) is 0 Å². The highest BCUT2D eigenvalue weighted by atomic mass is 79.9. The summed E-state index contributed by atoms with van der Waals surface area (Å²) < 4.78 is 39.5. The average Bonchev–Trinajstić information content (AvgIpc) is 2.37. The van der Waals surface area contributed by atoms with Crippen LogP contribution in [0.5, 0.6) is 0 Å². The van der Waals surface area contributed by atoms with Gasteiger partial charge < -0.3 is 5.11 Å². The lowest BCUT2D eigenvalue weighted by Gasteiger charge is -2.19. The summed E-state index contributed by atoms with van der Waals surface area (Å²) in [7, 11) is 0. The molecule has 0 saturated heterocycles. The first-order chi connectivity index (χ1) is 9.70. The fourth-order valence-electron chi connectivity index (χ4n) is 1.90. The van der Waals surface area contributed by atoms with Gasteiger partial charge in [-0.25, -0.2) is 0 Å². The van der Waals surface area contributed by atoms with Gasteiger partial charge in [-0.1, -0.05) is 51.3 Å². The van der Waals surface area contributed by atoms with Gasteiger partial charge in [0, 0.05) is 20.1 Å². The van der Waals surface area contributed by atoms with Crippen molar-refractivity contribution in [1.82, 2.24) is 0 Å². The summed E-state index contributed by atoms with van der Waals surface area (Å²) in [5.74, 6) is 0. The molecule has 1 unspecified atom stereocenters. The van der Waals surface area contributed by atoms with E-state index in [1.165, 1.54) is 30.3 Å². The van der Waals surface area contributed by atoms with Crippen LogP contribution < -0.4 is 0 Å². The van der Waals surface area contributed by atoms with Crippen LogP contribution in [0.3, 0.4) is 0 Å². The normalized spacial score (nSPS) is 13.3. The summed E-state index contributed by atoms with van der Waals surface area (Å²) in [6.45, 7) is 0. The van der Waals surface area contributed by atoms with Crippen LogP contribution in [-0.4, -0.2) is 5.11 Å². The molecule has 2 aromatic rings. The zero-order valence-electron chi connectivity index (χ0n) is 10.3. The smallest absolute Gasteiger partial charge is 0.384 e. The van der Waals surface area contributed by atoms with Gasteiger partial charge in [0.05, 0.1) is 5.56 Å². The Kier molecular flexibility index (Phi) is 4.88. The van der Waals surface area contributed by atoms with Crippen molar-refractivity contribution in [3.8, 4) is 0 Å². The maximum Gasteiger partial charge on any atom is 0.416 e. The molecular weight excluding hydrogens is 392 g/mol. The number of benzene rings is 2. The Hall–Kier alpha value is -0.750. The molecule has 2 rings (SSSR count). The third-order valence-corrected chi connectivity index (χ3v) is 3.93. The van der Waals surface area contributed by atoms with Crippen molar-refractivity contribution in [1.29, 1.82) is 0 Å². The number of aliphatic hydroxyl groups is 1. The fraction of sp³-hybridized carbons (Fsp3) is 0.143. The van der Waals surface area contributed by atoms with Crippen LogP contribution in [-0.2, 0) is 6.18 Å². The minimum Gasteiger partial charge on any atom is -0.384 e. The highest BCUT2D eigenvalue weighted by Crippen LogP contribution is 2.39. The molecule has 0 aliphatic carbocycles. The molecule has 0 amide bonds. The second-order valence-corrected chi connectivity index (χ2v) is 6.06. The van der Waals surface area contributed by atoms with Crippen molar-refractivity contribution in [3.05, 3.63) is 67.6 Å². The topological polar surface area (TPSA) is 20.2 Å². The van der Waals surface area contributed by atoms with Gasteiger partial charge >= 0.3 is 6.18 Å². The number of rotatable bonds is 2. The Balaban J connectivity index is 2.55. The van der Waals surface area contributed by atoms with Gasteiger partial charge in [0.1, 0.15) is 6.10 Å². The zero-order valence-corrected chi connectivity index (χ0v) is 13.4. The number of hydrogen-bond acceptors (Lipinski definition) is 1. The van der Waals surface area contributed by atoms with E-state index >= 15 is 0 Å². The molecule has 0 aliphatic rings. The summed E-state index contributed by atoms with van der Waals surface area (Å²) >= 11 is 14.7. The van der Waals surface area contributed by atoms with E-state index in [0.29, 0.717) is 5.02 Å². The summed E-state index contributed by atoms with van der Waals surface area (Å²) in [4.78, 5) is 0. The van der Waals surface area contributed by atoms with Crippen molar-refractivity contribution >= 4 is 39.1 Å². The van der Waals surface area contributed by atoms with Gasteiger partial charge in [-0.15, -0.1) is 0 Å². The average molecular weight is 400 g/mol. The van der Waals surface area contributed by atoms with Crippen LogP contribution in [0.4, 0.5) is 13.2 Å². The molecular formula is C14H8BrCl2F3O. The molecule has 0 heterocycles. The Bertz CT molecular complexity index is 674. The standard InChI is InChI=1S/C14H8BrCl2F3O/c15-7-1-3-9(11(5-7)14(18,19)20)13(21)10-4-2-8(16)6-12(10)17/h1-6,13,21H. The first-order valence-corrected chi connectivity index (χ1v) is 7.24. The quantitative estimate of drug-likeness (QED) is 0.670. The first-order valence-electron chi connectivity index (χ1n) is 5.70. The third-order valence-electron chi connectivity index (χ3n) is 2.87. The second kappa shape index (κ2) is 6.16. The molecule has 2 aromatic carbocycles. The number of halogens is 6. The van der Waals surface area contributed by atoms with E-state index in [-0.39, 0.29) is 20.6 Å². The monoisotopic (exact) mass is 398 g/mol. The van der Waals surface area contributed by atoms with Crippen LogP contribution in [0.25, 0.3) is 0 Å². The highest BCUT2D eigenvalue weighted by molar-refractivity contribution is 9.10. The van der Waals surface area contributed by atoms with E-state index in [1.807, 2.05) is 0 Å². The van der Waals surface area contributed by atoms with E-state index in [1.54, 1.807) is 0 Å². The van der Waals surface area contributed by atoms with E-state index in [2.05, 4.69) is 15.9 Å². The molecule has 0 bridgehead atoms. The Morgan fingerprint density at radius 1 is 1.00 bits per heavy atom. The minimum absolute atomic E-state index is 0.103. The summed E-state index contributed by atoms with van der Waals surface area (Å²) in [5, 5.41) is 10.7. The SMILES string of the molecule is OC(c1ccc(Cl)cc1Cl)c1ccc(Br)cc1C(F)(F)F. The van der Waals surface area contributed by atoms with Crippen molar-refractivity contribution in [2.45, 2.75) is 12.3 Å². The molecule has 112 valence electrons. The molecule has 21 heavy (non-hydrogen) atoms. The predicted octanol–water partition coefficient (Wildman–Crippen LogP) is 5.86. The van der Waals surface area contributed by atoms with E-state index in [4.69, 9.17) is 23.2 Å².